The van der Waals surface area contributed by atoms with Crippen molar-refractivity contribution < 1.29 is 4.74 Å². The van der Waals surface area contributed by atoms with Crippen LogP contribution in [0.25, 0.3) is 55.8 Å². The number of rotatable bonds is 6. The average Bonchev–Trinajstić information content (AvgIpc) is 3.59. The van der Waals surface area contributed by atoms with Gasteiger partial charge in [0.25, 0.3) is 0 Å². The Kier molecular flexibility index (Phi) is 5.82. The largest absolute Gasteiger partial charge is 0.497 e. The Hall–Kier alpha value is -5.30. The summed E-state index contributed by atoms with van der Waals surface area (Å²) in [6.45, 7) is 2.74. The van der Waals surface area contributed by atoms with Gasteiger partial charge >= 0.3 is 0 Å². The molecule has 0 aliphatic heterocycles. The summed E-state index contributed by atoms with van der Waals surface area (Å²) in [5, 5.41) is 6.10. The predicted molar refractivity (Wildman–Crippen MR) is 158 cm³/mol. The number of aromatic amines is 1. The van der Waals surface area contributed by atoms with Gasteiger partial charge in [-0.15, -0.1) is 0 Å². The Morgan fingerprint density at radius 1 is 0.875 bits per heavy atom. The Bertz CT molecular complexity index is 1940. The van der Waals surface area contributed by atoms with E-state index in [2.05, 4.69) is 52.2 Å². The molecule has 0 atom stereocenters. The van der Waals surface area contributed by atoms with Crippen molar-refractivity contribution in [2.75, 3.05) is 7.11 Å². The second kappa shape index (κ2) is 9.78. The molecule has 0 saturated heterocycles. The number of fused-ring (bicyclic) bond motifs is 2. The van der Waals surface area contributed by atoms with Crippen LogP contribution in [0, 0.1) is 6.92 Å². The van der Waals surface area contributed by atoms with Crippen molar-refractivity contribution in [1.82, 2.24) is 29.7 Å². The van der Waals surface area contributed by atoms with Gasteiger partial charge in [-0.05, 0) is 72.1 Å². The first-order valence-corrected chi connectivity index (χ1v) is 13.1. The van der Waals surface area contributed by atoms with Crippen LogP contribution >= 0.6 is 0 Å². The van der Waals surface area contributed by atoms with Gasteiger partial charge in [-0.25, -0.2) is 4.98 Å². The number of nitrogens with one attached hydrogen (secondary N) is 1. The molecular formula is C33H26N6O. The molecule has 4 aromatic heterocycles. The van der Waals surface area contributed by atoms with E-state index < -0.39 is 0 Å². The molecular weight excluding hydrogens is 496 g/mol. The number of pyridine rings is 2. The van der Waals surface area contributed by atoms with Crippen molar-refractivity contribution in [3.05, 3.63) is 115 Å². The minimum atomic E-state index is 0.621. The third-order valence-electron chi connectivity index (χ3n) is 7.32. The molecule has 3 aromatic carbocycles. The highest BCUT2D eigenvalue weighted by molar-refractivity contribution is 5.96. The lowest BCUT2D eigenvalue weighted by Crippen LogP contribution is -2.02. The number of hydrogen-bond acceptors (Lipinski definition) is 5. The number of benzene rings is 3. The second-order valence-electron chi connectivity index (χ2n) is 9.76. The van der Waals surface area contributed by atoms with Gasteiger partial charge in [0.1, 0.15) is 11.4 Å². The molecule has 0 saturated carbocycles. The molecule has 7 nitrogen and oxygen atoms in total. The maximum absolute atomic E-state index is 5.34. The molecule has 0 fully saturated rings. The summed E-state index contributed by atoms with van der Waals surface area (Å²) >= 11 is 0. The van der Waals surface area contributed by atoms with Crippen molar-refractivity contribution in [1.29, 1.82) is 0 Å². The van der Waals surface area contributed by atoms with E-state index in [0.29, 0.717) is 6.54 Å². The van der Waals surface area contributed by atoms with Crippen LogP contribution in [-0.4, -0.2) is 36.8 Å². The van der Waals surface area contributed by atoms with E-state index in [1.54, 1.807) is 7.11 Å². The first-order valence-electron chi connectivity index (χ1n) is 13.1. The zero-order chi connectivity index (χ0) is 27.1. The smallest absolute Gasteiger partial charge is 0.159 e. The van der Waals surface area contributed by atoms with E-state index in [9.17, 15) is 0 Å². The van der Waals surface area contributed by atoms with Crippen molar-refractivity contribution in [2.24, 2.45) is 0 Å². The lowest BCUT2D eigenvalue weighted by atomic mass is 9.96. The molecule has 0 spiro atoms. The third kappa shape index (κ3) is 4.18. The second-order valence-corrected chi connectivity index (χ2v) is 9.76. The minimum absolute atomic E-state index is 0.621. The molecule has 4 heterocycles. The van der Waals surface area contributed by atoms with E-state index in [0.717, 1.165) is 72.7 Å². The van der Waals surface area contributed by atoms with Gasteiger partial charge in [-0.1, -0.05) is 36.4 Å². The fraction of sp³-hybridized carbons (Fsp3) is 0.0909. The van der Waals surface area contributed by atoms with Crippen LogP contribution in [0.15, 0.2) is 104 Å². The number of methoxy groups -OCH3 is 1. The molecule has 194 valence electrons. The summed E-state index contributed by atoms with van der Waals surface area (Å²) in [6, 6.07) is 28.5. The average molecular weight is 523 g/mol. The van der Waals surface area contributed by atoms with E-state index in [1.165, 1.54) is 0 Å². The maximum atomic E-state index is 5.34. The summed E-state index contributed by atoms with van der Waals surface area (Å²) in [6.07, 6.45) is 5.61. The number of para-hydroxylation sites is 2. The summed E-state index contributed by atoms with van der Waals surface area (Å²) in [4.78, 5) is 17.5. The number of imidazole rings is 1. The monoisotopic (exact) mass is 522 g/mol. The van der Waals surface area contributed by atoms with Gasteiger partial charge in [-0.2, -0.15) is 5.10 Å². The number of aromatic nitrogens is 6. The van der Waals surface area contributed by atoms with Crippen molar-refractivity contribution >= 4 is 21.9 Å². The highest BCUT2D eigenvalue weighted by atomic mass is 16.5. The molecule has 7 heteroatoms. The van der Waals surface area contributed by atoms with Crippen LogP contribution in [-0.2, 0) is 6.54 Å². The Morgan fingerprint density at radius 3 is 2.50 bits per heavy atom. The van der Waals surface area contributed by atoms with Crippen LogP contribution in [0.3, 0.4) is 0 Å². The van der Waals surface area contributed by atoms with E-state index in [1.807, 2.05) is 77.9 Å². The van der Waals surface area contributed by atoms with Gasteiger partial charge < -0.3 is 9.72 Å². The van der Waals surface area contributed by atoms with Crippen molar-refractivity contribution in [2.45, 2.75) is 13.5 Å². The zero-order valence-electron chi connectivity index (χ0n) is 22.2. The topological polar surface area (TPSA) is 81.5 Å². The number of H-pyrrole nitrogens is 1. The van der Waals surface area contributed by atoms with Crippen LogP contribution in [0.5, 0.6) is 5.75 Å². The first kappa shape index (κ1) is 23.8. The minimum Gasteiger partial charge on any atom is -0.497 e. The summed E-state index contributed by atoms with van der Waals surface area (Å²) in [5.74, 6) is 1.58. The van der Waals surface area contributed by atoms with Crippen LogP contribution in [0.2, 0.25) is 0 Å². The third-order valence-corrected chi connectivity index (χ3v) is 7.32. The highest BCUT2D eigenvalue weighted by Gasteiger charge is 2.18. The lowest BCUT2D eigenvalue weighted by Gasteiger charge is -2.11. The molecule has 0 radical (unpaired) electrons. The van der Waals surface area contributed by atoms with Gasteiger partial charge in [0.05, 0.1) is 35.9 Å². The first-order chi connectivity index (χ1) is 19.7. The molecule has 1 N–H and O–H groups in total. The van der Waals surface area contributed by atoms with Crippen LogP contribution in [0.4, 0.5) is 0 Å². The molecule has 0 aliphatic carbocycles. The highest BCUT2D eigenvalue weighted by Crippen LogP contribution is 2.35. The van der Waals surface area contributed by atoms with Gasteiger partial charge in [0.2, 0.25) is 0 Å². The standard InChI is InChI=1S/C33H26N6O/c1-21-26(18-34-19-27(21)28-7-5-6-16-35-28)23-12-15-31-25(17-23)32(33-36-29-8-3-4-9-30(29)37-33)38-39(31)20-22-10-13-24(40-2)14-11-22/h3-19H,20H2,1-2H3,(H,36,37). The van der Waals surface area contributed by atoms with Crippen molar-refractivity contribution in [3.8, 4) is 39.7 Å². The fourth-order valence-electron chi connectivity index (χ4n) is 5.21. The van der Waals surface area contributed by atoms with E-state index in [-0.39, 0.29) is 0 Å². The molecule has 0 unspecified atom stereocenters. The maximum Gasteiger partial charge on any atom is 0.159 e. The Morgan fingerprint density at radius 2 is 1.70 bits per heavy atom. The van der Waals surface area contributed by atoms with Gasteiger partial charge in [0, 0.05) is 35.1 Å². The van der Waals surface area contributed by atoms with Crippen LogP contribution in [0.1, 0.15) is 11.1 Å². The SMILES string of the molecule is COc1ccc(Cn2nc(-c3nc4ccccc4[nH]3)c3cc(-c4cncc(-c5ccccn5)c4C)ccc32)cc1. The molecule has 40 heavy (non-hydrogen) atoms. The lowest BCUT2D eigenvalue weighted by molar-refractivity contribution is 0.414. The number of ether oxygens (including phenoxy) is 1. The number of hydrogen-bond donors (Lipinski definition) is 1. The summed E-state index contributed by atoms with van der Waals surface area (Å²) in [5.41, 5.74) is 10.0. The van der Waals surface area contributed by atoms with Gasteiger partial charge in [-0.3, -0.25) is 14.6 Å². The molecule has 7 rings (SSSR count). The summed E-state index contributed by atoms with van der Waals surface area (Å²) in [7, 11) is 1.68. The quantitative estimate of drug-likeness (QED) is 0.253. The summed E-state index contributed by atoms with van der Waals surface area (Å²) < 4.78 is 7.38. The molecule has 7 aromatic rings. The molecule has 0 amide bonds. The zero-order valence-corrected chi connectivity index (χ0v) is 22.2. The fourth-order valence-corrected chi connectivity index (χ4v) is 5.21. The number of nitrogens with zero attached hydrogens (tertiary/aromatic N) is 5. The van der Waals surface area contributed by atoms with Gasteiger partial charge in [0.15, 0.2) is 5.82 Å². The molecule has 0 aliphatic rings. The molecule has 0 bridgehead atoms. The Labute approximate surface area is 231 Å². The normalized spacial score (nSPS) is 11.3. The van der Waals surface area contributed by atoms with E-state index >= 15 is 0 Å². The van der Waals surface area contributed by atoms with Crippen molar-refractivity contribution in [3.63, 3.8) is 0 Å². The Balaban J connectivity index is 1.38. The van der Waals surface area contributed by atoms with Crippen LogP contribution < -0.4 is 4.74 Å². The van der Waals surface area contributed by atoms with E-state index in [4.69, 9.17) is 14.8 Å². The predicted octanol–water partition coefficient (Wildman–Crippen LogP) is 7.07.